The highest BCUT2D eigenvalue weighted by Gasteiger charge is 2.46. The van der Waals surface area contributed by atoms with Crippen molar-refractivity contribution < 1.29 is 4.58 Å². The smallest absolute Gasteiger partial charge is 0.198 e. The van der Waals surface area contributed by atoms with Gasteiger partial charge in [-0.05, 0) is 41.8 Å². The molecule has 3 aromatic rings. The molecule has 0 N–H and O–H groups in total. The van der Waals surface area contributed by atoms with Crippen LogP contribution in [0.4, 0.5) is 5.69 Å². The Morgan fingerprint density at radius 2 is 1.65 bits per heavy atom. The Balaban J connectivity index is 1.91. The second-order valence-electron chi connectivity index (χ2n) is 7.19. The summed E-state index contributed by atoms with van der Waals surface area (Å²) < 4.78 is 2.34. The Morgan fingerprint density at radius 3 is 2.42 bits per heavy atom. The molecule has 1 unspecified atom stereocenters. The van der Waals surface area contributed by atoms with E-state index in [1.807, 2.05) is 6.08 Å². The van der Waals surface area contributed by atoms with Crippen LogP contribution >= 0.6 is 0 Å². The summed E-state index contributed by atoms with van der Waals surface area (Å²) in [4.78, 5) is 0. The second-order valence-corrected chi connectivity index (χ2v) is 7.19. The lowest BCUT2D eigenvalue weighted by atomic mass is 9.74. The van der Waals surface area contributed by atoms with Crippen molar-refractivity contribution in [1.82, 2.24) is 0 Å². The van der Waals surface area contributed by atoms with Gasteiger partial charge < -0.3 is 0 Å². The average Bonchev–Trinajstić information content (AvgIpc) is 2.88. The van der Waals surface area contributed by atoms with Crippen LogP contribution in [0.15, 0.2) is 85.5 Å². The minimum Gasteiger partial charge on any atom is -0.198 e. The summed E-state index contributed by atoms with van der Waals surface area (Å²) in [7, 11) is 2.17. The van der Waals surface area contributed by atoms with E-state index in [0.29, 0.717) is 0 Å². The lowest BCUT2D eigenvalue weighted by molar-refractivity contribution is -0.401. The molecule has 0 radical (unpaired) electrons. The third kappa shape index (κ3) is 2.52. The number of hydrogen-bond acceptors (Lipinski definition) is 0. The van der Waals surface area contributed by atoms with Gasteiger partial charge in [0.1, 0.15) is 7.05 Å². The van der Waals surface area contributed by atoms with Gasteiger partial charge in [0.25, 0.3) is 0 Å². The first-order chi connectivity index (χ1) is 12.6. The zero-order valence-corrected chi connectivity index (χ0v) is 15.4. The summed E-state index contributed by atoms with van der Waals surface area (Å²) >= 11 is 0. The fourth-order valence-corrected chi connectivity index (χ4v) is 4.28. The van der Waals surface area contributed by atoms with Crippen molar-refractivity contribution in [2.75, 3.05) is 7.05 Å². The first-order valence-electron chi connectivity index (χ1n) is 9.12. The minimum atomic E-state index is -0.0853. The Morgan fingerprint density at radius 1 is 0.923 bits per heavy atom. The predicted octanol–water partition coefficient (Wildman–Crippen LogP) is 6.12. The highest BCUT2D eigenvalue weighted by molar-refractivity contribution is 6.09. The molecule has 0 saturated carbocycles. The Hall–Kier alpha value is -2.93. The van der Waals surface area contributed by atoms with E-state index in [1.165, 1.54) is 33.3 Å². The summed E-state index contributed by atoms with van der Waals surface area (Å²) in [5.41, 5.74) is 5.15. The lowest BCUT2D eigenvalue weighted by Gasteiger charge is -2.22. The van der Waals surface area contributed by atoms with Crippen molar-refractivity contribution in [3.05, 3.63) is 96.6 Å². The maximum Gasteiger partial charge on any atom is 0.210 e. The molecule has 0 aliphatic carbocycles. The van der Waals surface area contributed by atoms with Crippen molar-refractivity contribution in [2.24, 2.45) is 0 Å². The van der Waals surface area contributed by atoms with Crippen molar-refractivity contribution in [2.45, 2.75) is 18.8 Å². The van der Waals surface area contributed by atoms with E-state index < -0.39 is 0 Å². The number of allylic oxidation sites excluding steroid dienone is 2. The third-order valence-electron chi connectivity index (χ3n) is 5.53. The highest BCUT2D eigenvalue weighted by atomic mass is 15.0. The van der Waals surface area contributed by atoms with Crippen LogP contribution in [0.25, 0.3) is 16.8 Å². The van der Waals surface area contributed by atoms with E-state index in [9.17, 15) is 0 Å². The van der Waals surface area contributed by atoms with E-state index in [-0.39, 0.29) is 5.41 Å². The number of hydrogen-bond donors (Lipinski definition) is 0. The van der Waals surface area contributed by atoms with Crippen LogP contribution in [0.3, 0.4) is 0 Å². The summed E-state index contributed by atoms with van der Waals surface area (Å²) in [6, 6.07) is 23.6. The minimum absolute atomic E-state index is 0.0853. The van der Waals surface area contributed by atoms with Gasteiger partial charge in [-0.1, -0.05) is 60.7 Å². The third-order valence-corrected chi connectivity index (χ3v) is 5.53. The van der Waals surface area contributed by atoms with E-state index >= 15 is 0 Å². The maximum atomic E-state index is 4.04. The molecule has 1 aliphatic rings. The van der Waals surface area contributed by atoms with Crippen molar-refractivity contribution in [3.8, 4) is 0 Å². The molecule has 0 bridgehead atoms. The van der Waals surface area contributed by atoms with Crippen LogP contribution in [0, 0.1) is 0 Å². The predicted molar refractivity (Wildman–Crippen MR) is 112 cm³/mol. The van der Waals surface area contributed by atoms with Gasteiger partial charge in [0.2, 0.25) is 5.69 Å². The zero-order chi connectivity index (χ0) is 18.1. The molecule has 26 heavy (non-hydrogen) atoms. The van der Waals surface area contributed by atoms with E-state index in [2.05, 4.69) is 104 Å². The Kier molecular flexibility index (Phi) is 4.08. The molecule has 1 aliphatic heterocycles. The van der Waals surface area contributed by atoms with Crippen LogP contribution in [0.1, 0.15) is 24.5 Å². The second kappa shape index (κ2) is 6.42. The van der Waals surface area contributed by atoms with Crippen LogP contribution < -0.4 is 0 Å². The Labute approximate surface area is 155 Å². The summed E-state index contributed by atoms with van der Waals surface area (Å²) in [5, 5.41) is 2.63. The molecule has 1 heterocycles. The number of fused-ring (bicyclic) bond motifs is 3. The first-order valence-corrected chi connectivity index (χ1v) is 9.12. The van der Waals surface area contributed by atoms with Crippen molar-refractivity contribution >= 4 is 28.2 Å². The molecule has 1 atom stereocenters. The molecule has 0 spiro atoms. The van der Waals surface area contributed by atoms with Gasteiger partial charge in [-0.2, -0.15) is 4.58 Å². The SMILES string of the molecule is C=CCC1(C)C(C=Cc2ccccc2)=[N+](C)c2ccc3ccccc3c21. The van der Waals surface area contributed by atoms with Gasteiger partial charge in [0, 0.05) is 17.7 Å². The monoisotopic (exact) mass is 338 g/mol. The molecule has 0 amide bonds. The van der Waals surface area contributed by atoms with Gasteiger partial charge in [-0.25, -0.2) is 0 Å². The van der Waals surface area contributed by atoms with E-state index in [1.54, 1.807) is 0 Å². The molecule has 4 rings (SSSR count). The molecular formula is C25H24N+. The summed E-state index contributed by atoms with van der Waals surface area (Å²) in [6.07, 6.45) is 7.43. The summed E-state index contributed by atoms with van der Waals surface area (Å²) in [6.45, 7) is 6.39. The number of rotatable bonds is 4. The van der Waals surface area contributed by atoms with Crippen LogP contribution in [-0.2, 0) is 5.41 Å². The molecule has 1 nitrogen and oxygen atoms in total. The zero-order valence-electron chi connectivity index (χ0n) is 15.4. The van der Waals surface area contributed by atoms with Gasteiger partial charge >= 0.3 is 0 Å². The normalized spacial score (nSPS) is 19.3. The van der Waals surface area contributed by atoms with E-state index in [0.717, 1.165) is 6.42 Å². The van der Waals surface area contributed by atoms with Crippen molar-refractivity contribution in [3.63, 3.8) is 0 Å². The first kappa shape index (κ1) is 16.5. The number of nitrogens with zero attached hydrogens (tertiary/aromatic N) is 1. The van der Waals surface area contributed by atoms with Crippen LogP contribution in [0.2, 0.25) is 0 Å². The van der Waals surface area contributed by atoms with Gasteiger partial charge in [0.05, 0.1) is 5.41 Å². The molecule has 0 saturated heterocycles. The molecular weight excluding hydrogens is 314 g/mol. The van der Waals surface area contributed by atoms with Gasteiger partial charge in [-0.15, -0.1) is 6.58 Å². The molecule has 0 aromatic heterocycles. The fourth-order valence-electron chi connectivity index (χ4n) is 4.28. The average molecular weight is 338 g/mol. The van der Waals surface area contributed by atoms with Crippen molar-refractivity contribution in [1.29, 1.82) is 0 Å². The molecule has 128 valence electrons. The standard InChI is InChI=1S/C25H24N/c1-4-18-25(2)23(17-14-19-10-6-5-7-11-19)26(3)22-16-15-20-12-8-9-13-21(20)24(22)25/h4-17H,1,18H2,2-3H3/q+1. The van der Waals surface area contributed by atoms with Gasteiger partial charge in [-0.3, -0.25) is 0 Å². The van der Waals surface area contributed by atoms with Gasteiger partial charge in [0.15, 0.2) is 5.71 Å². The molecule has 0 fully saturated rings. The lowest BCUT2D eigenvalue weighted by Crippen LogP contribution is -2.30. The topological polar surface area (TPSA) is 3.01 Å². The van der Waals surface area contributed by atoms with Crippen LogP contribution in [0.5, 0.6) is 0 Å². The largest absolute Gasteiger partial charge is 0.210 e. The number of benzene rings is 3. The Bertz CT molecular complexity index is 1040. The quantitative estimate of drug-likeness (QED) is 0.398. The summed E-state index contributed by atoms with van der Waals surface area (Å²) in [5.74, 6) is 0. The molecule has 3 aromatic carbocycles. The molecule has 1 heteroatoms. The maximum absolute atomic E-state index is 4.04. The van der Waals surface area contributed by atoms with Crippen LogP contribution in [-0.4, -0.2) is 17.3 Å². The fraction of sp³-hybridized carbons (Fsp3) is 0.160. The van der Waals surface area contributed by atoms with E-state index in [4.69, 9.17) is 0 Å². The highest BCUT2D eigenvalue weighted by Crippen LogP contribution is 2.46.